The molecule has 2 rings (SSSR count). The second kappa shape index (κ2) is 6.75. The Hall–Kier alpha value is -0.890. The van der Waals surface area contributed by atoms with Gasteiger partial charge in [-0.15, -0.1) is 11.3 Å². The first kappa shape index (κ1) is 12.6. The Kier molecular flexibility index (Phi) is 4.99. The minimum Gasteiger partial charge on any atom is -0.377 e. The predicted molar refractivity (Wildman–Crippen MR) is 68.9 cm³/mol. The first-order valence-electron chi connectivity index (χ1n) is 6.18. The Morgan fingerprint density at radius 1 is 1.47 bits per heavy atom. The molecule has 4 heteroatoms. The zero-order valence-electron chi connectivity index (χ0n) is 9.95. The van der Waals surface area contributed by atoms with Crippen molar-refractivity contribution in [2.75, 3.05) is 13.2 Å². The van der Waals surface area contributed by atoms with Crippen molar-refractivity contribution in [3.63, 3.8) is 0 Å². The molecule has 0 atom stereocenters. The van der Waals surface area contributed by atoms with Crippen molar-refractivity contribution in [1.82, 2.24) is 5.32 Å². The third-order valence-corrected chi connectivity index (χ3v) is 3.95. The van der Waals surface area contributed by atoms with Crippen LogP contribution >= 0.6 is 11.3 Å². The maximum Gasteiger partial charge on any atom is 0.100 e. The first-order chi connectivity index (χ1) is 8.38. The van der Waals surface area contributed by atoms with E-state index >= 15 is 0 Å². The molecule has 3 nitrogen and oxygen atoms in total. The lowest BCUT2D eigenvalue weighted by Gasteiger charge is -2.10. The predicted octanol–water partition coefficient (Wildman–Crippen LogP) is 2.67. The van der Waals surface area contributed by atoms with Crippen molar-refractivity contribution in [1.29, 1.82) is 5.26 Å². The highest BCUT2D eigenvalue weighted by molar-refractivity contribution is 7.10. The minimum absolute atomic E-state index is 0.503. The molecule has 0 amide bonds. The molecule has 1 N–H and O–H groups in total. The van der Waals surface area contributed by atoms with Gasteiger partial charge in [-0.3, -0.25) is 0 Å². The van der Waals surface area contributed by atoms with Crippen LogP contribution in [0.5, 0.6) is 0 Å². The summed E-state index contributed by atoms with van der Waals surface area (Å²) in [6.07, 6.45) is 5.62. The van der Waals surface area contributed by atoms with Crippen LogP contribution in [0.1, 0.15) is 36.1 Å². The second-order valence-electron chi connectivity index (χ2n) is 4.37. The third-order valence-electron chi connectivity index (χ3n) is 3.02. The van der Waals surface area contributed by atoms with Crippen molar-refractivity contribution in [2.45, 2.75) is 38.3 Å². The summed E-state index contributed by atoms with van der Waals surface area (Å²) in [4.78, 5) is 1.21. The molecule has 1 saturated carbocycles. The fourth-order valence-electron chi connectivity index (χ4n) is 2.10. The van der Waals surface area contributed by atoms with E-state index in [9.17, 15) is 0 Å². The number of nitriles is 1. The van der Waals surface area contributed by atoms with E-state index in [0.717, 1.165) is 25.3 Å². The lowest BCUT2D eigenvalue weighted by Crippen LogP contribution is -2.21. The molecule has 1 fully saturated rings. The van der Waals surface area contributed by atoms with Gasteiger partial charge in [0.2, 0.25) is 0 Å². The van der Waals surface area contributed by atoms with E-state index in [-0.39, 0.29) is 0 Å². The van der Waals surface area contributed by atoms with Gasteiger partial charge < -0.3 is 10.1 Å². The van der Waals surface area contributed by atoms with Crippen LogP contribution in [0.25, 0.3) is 0 Å². The number of ether oxygens (including phenoxy) is 1. The van der Waals surface area contributed by atoms with E-state index < -0.39 is 0 Å². The molecule has 1 aromatic rings. The molecule has 0 bridgehead atoms. The van der Waals surface area contributed by atoms with Crippen LogP contribution < -0.4 is 5.32 Å². The smallest absolute Gasteiger partial charge is 0.100 e. The highest BCUT2D eigenvalue weighted by atomic mass is 32.1. The van der Waals surface area contributed by atoms with E-state index in [4.69, 9.17) is 10.00 Å². The molecule has 92 valence electrons. The number of nitrogens with one attached hydrogen (secondary N) is 1. The molecule has 0 saturated heterocycles. The van der Waals surface area contributed by atoms with Crippen LogP contribution in [0.3, 0.4) is 0 Å². The van der Waals surface area contributed by atoms with Crippen LogP contribution in [0, 0.1) is 11.3 Å². The van der Waals surface area contributed by atoms with Crippen LogP contribution in [0.15, 0.2) is 11.4 Å². The molecule has 0 spiro atoms. The maximum absolute atomic E-state index is 8.70. The quantitative estimate of drug-likeness (QED) is 0.789. The van der Waals surface area contributed by atoms with Crippen molar-refractivity contribution in [3.8, 4) is 6.07 Å². The first-order valence-corrected chi connectivity index (χ1v) is 7.06. The summed E-state index contributed by atoms with van der Waals surface area (Å²) in [5, 5.41) is 13.9. The topological polar surface area (TPSA) is 45.0 Å². The van der Waals surface area contributed by atoms with Gasteiger partial charge in [-0.25, -0.2) is 0 Å². The van der Waals surface area contributed by atoms with E-state index in [1.54, 1.807) is 11.3 Å². The van der Waals surface area contributed by atoms with Gasteiger partial charge in [-0.1, -0.05) is 12.8 Å². The van der Waals surface area contributed by atoms with E-state index in [0.29, 0.717) is 6.10 Å². The van der Waals surface area contributed by atoms with Crippen LogP contribution in [-0.4, -0.2) is 19.3 Å². The third kappa shape index (κ3) is 4.12. The highest BCUT2D eigenvalue weighted by Gasteiger charge is 2.14. The van der Waals surface area contributed by atoms with Crippen molar-refractivity contribution in [2.24, 2.45) is 0 Å². The Bertz CT molecular complexity index is 377. The standard InChI is InChI=1S/C13H18N2OS/c14-8-11-7-13(17-10-11)9-15-5-6-16-12-3-1-2-4-12/h7,10,12,15H,1-6,9H2. The zero-order chi connectivity index (χ0) is 11.9. The largest absolute Gasteiger partial charge is 0.377 e. The lowest BCUT2D eigenvalue weighted by atomic mass is 10.3. The lowest BCUT2D eigenvalue weighted by molar-refractivity contribution is 0.0603. The molecular formula is C13H18N2OS. The molecule has 0 aromatic carbocycles. The van der Waals surface area contributed by atoms with Crippen LogP contribution in [0.4, 0.5) is 0 Å². The van der Waals surface area contributed by atoms with Crippen molar-refractivity contribution < 1.29 is 4.74 Å². The summed E-state index contributed by atoms with van der Waals surface area (Å²) >= 11 is 1.63. The van der Waals surface area contributed by atoms with Gasteiger partial charge in [0, 0.05) is 23.3 Å². The molecule has 0 aliphatic heterocycles. The van der Waals surface area contributed by atoms with Crippen LogP contribution in [-0.2, 0) is 11.3 Å². The summed E-state index contributed by atoms with van der Waals surface area (Å²) in [6, 6.07) is 4.08. The van der Waals surface area contributed by atoms with E-state index in [1.165, 1.54) is 30.6 Å². The SMILES string of the molecule is N#Cc1csc(CNCCOC2CCCC2)c1. The fraction of sp³-hybridized carbons (Fsp3) is 0.615. The number of rotatable bonds is 6. The van der Waals surface area contributed by atoms with Gasteiger partial charge in [0.15, 0.2) is 0 Å². The molecule has 1 aliphatic rings. The van der Waals surface area contributed by atoms with Gasteiger partial charge >= 0.3 is 0 Å². The van der Waals surface area contributed by atoms with Gasteiger partial charge in [-0.2, -0.15) is 5.26 Å². The van der Waals surface area contributed by atoms with Gasteiger partial charge in [0.25, 0.3) is 0 Å². The monoisotopic (exact) mass is 250 g/mol. The highest BCUT2D eigenvalue weighted by Crippen LogP contribution is 2.20. The molecule has 0 unspecified atom stereocenters. The molecule has 1 aromatic heterocycles. The molecule has 17 heavy (non-hydrogen) atoms. The number of hydrogen-bond acceptors (Lipinski definition) is 4. The number of nitrogens with zero attached hydrogens (tertiary/aromatic N) is 1. The summed E-state index contributed by atoms with van der Waals surface area (Å²) in [5.74, 6) is 0. The van der Waals surface area contributed by atoms with E-state index in [2.05, 4.69) is 11.4 Å². The minimum atomic E-state index is 0.503. The average molecular weight is 250 g/mol. The Labute approximate surface area is 106 Å². The average Bonchev–Trinajstić information content (AvgIpc) is 2.99. The van der Waals surface area contributed by atoms with Crippen molar-refractivity contribution in [3.05, 3.63) is 21.9 Å². The summed E-state index contributed by atoms with van der Waals surface area (Å²) in [5.41, 5.74) is 0.758. The van der Waals surface area contributed by atoms with Crippen LogP contribution in [0.2, 0.25) is 0 Å². The Balaban J connectivity index is 1.55. The molecule has 1 aliphatic carbocycles. The number of thiophene rings is 1. The van der Waals surface area contributed by atoms with Crippen molar-refractivity contribution >= 4 is 11.3 Å². The molecule has 1 heterocycles. The molecule has 0 radical (unpaired) electrons. The second-order valence-corrected chi connectivity index (χ2v) is 5.36. The summed E-state index contributed by atoms with van der Waals surface area (Å²) < 4.78 is 5.76. The summed E-state index contributed by atoms with van der Waals surface area (Å²) in [6.45, 7) is 2.51. The van der Waals surface area contributed by atoms with E-state index in [1.807, 2.05) is 11.4 Å². The normalized spacial score (nSPS) is 16.2. The Morgan fingerprint density at radius 3 is 3.00 bits per heavy atom. The maximum atomic E-state index is 8.70. The van der Waals surface area contributed by atoms with Gasteiger partial charge in [-0.05, 0) is 18.9 Å². The van der Waals surface area contributed by atoms with Gasteiger partial charge in [0.05, 0.1) is 18.3 Å². The van der Waals surface area contributed by atoms with Gasteiger partial charge in [0.1, 0.15) is 6.07 Å². The Morgan fingerprint density at radius 2 is 2.29 bits per heavy atom. The zero-order valence-corrected chi connectivity index (χ0v) is 10.8. The summed E-state index contributed by atoms with van der Waals surface area (Å²) in [7, 11) is 0. The number of hydrogen-bond donors (Lipinski definition) is 1. The fourth-order valence-corrected chi connectivity index (χ4v) is 2.88. The molecular weight excluding hydrogens is 232 g/mol.